The van der Waals surface area contributed by atoms with E-state index in [0.29, 0.717) is 10.9 Å². The van der Waals surface area contributed by atoms with Crippen molar-refractivity contribution >= 4 is 15.5 Å². The van der Waals surface area contributed by atoms with Gasteiger partial charge in [-0.25, -0.2) is 8.42 Å². The summed E-state index contributed by atoms with van der Waals surface area (Å²) in [4.78, 5) is 0.391. The molecule has 18 heavy (non-hydrogen) atoms. The van der Waals surface area contributed by atoms with Crippen molar-refractivity contribution in [1.29, 1.82) is 0 Å². The van der Waals surface area contributed by atoms with Crippen LogP contribution < -0.4 is 5.32 Å². The predicted octanol–water partition coefficient (Wildman–Crippen LogP) is 2.69. The van der Waals surface area contributed by atoms with Crippen molar-refractivity contribution in [1.82, 2.24) is 0 Å². The van der Waals surface area contributed by atoms with Crippen LogP contribution in [-0.4, -0.2) is 20.7 Å². The molecule has 0 unspecified atom stereocenters. The van der Waals surface area contributed by atoms with Crippen LogP contribution >= 0.6 is 0 Å². The standard InChI is InChI=1S/C14H19NO2S/c1-18(16,17)13-8-6-12(7-9-13)15-14(10-2-3-10)11-4-5-11/h6-11,14-15H,2-5H2,1H3. The summed E-state index contributed by atoms with van der Waals surface area (Å²) in [6.07, 6.45) is 6.61. The molecule has 3 nitrogen and oxygen atoms in total. The zero-order valence-electron chi connectivity index (χ0n) is 10.6. The Morgan fingerprint density at radius 3 is 1.94 bits per heavy atom. The first kappa shape index (κ1) is 12.0. The van der Waals surface area contributed by atoms with Gasteiger partial charge in [0.25, 0.3) is 0 Å². The van der Waals surface area contributed by atoms with Crippen molar-refractivity contribution in [2.24, 2.45) is 11.8 Å². The van der Waals surface area contributed by atoms with E-state index < -0.39 is 9.84 Å². The average Bonchev–Trinajstić information content (AvgIpc) is 3.16. The van der Waals surface area contributed by atoms with E-state index in [1.807, 2.05) is 12.1 Å². The van der Waals surface area contributed by atoms with Gasteiger partial charge in [-0.1, -0.05) is 0 Å². The van der Waals surface area contributed by atoms with Gasteiger partial charge in [-0.3, -0.25) is 0 Å². The molecule has 0 bridgehead atoms. The van der Waals surface area contributed by atoms with Crippen LogP contribution in [0, 0.1) is 11.8 Å². The fraction of sp³-hybridized carbons (Fsp3) is 0.571. The maximum absolute atomic E-state index is 11.4. The zero-order chi connectivity index (χ0) is 12.8. The highest BCUT2D eigenvalue weighted by molar-refractivity contribution is 7.90. The second kappa shape index (κ2) is 4.26. The summed E-state index contributed by atoms with van der Waals surface area (Å²) >= 11 is 0. The number of nitrogens with one attached hydrogen (secondary N) is 1. The van der Waals surface area contributed by atoms with Crippen LogP contribution in [0.4, 0.5) is 5.69 Å². The monoisotopic (exact) mass is 265 g/mol. The number of hydrogen-bond acceptors (Lipinski definition) is 3. The number of rotatable bonds is 5. The molecule has 2 saturated carbocycles. The van der Waals surface area contributed by atoms with Crippen molar-refractivity contribution in [3.63, 3.8) is 0 Å². The third-order valence-electron chi connectivity index (χ3n) is 3.88. The van der Waals surface area contributed by atoms with Crippen LogP contribution in [0.25, 0.3) is 0 Å². The van der Waals surface area contributed by atoms with E-state index in [0.717, 1.165) is 17.5 Å². The lowest BCUT2D eigenvalue weighted by Crippen LogP contribution is -2.24. The first-order valence-electron chi connectivity index (χ1n) is 6.61. The van der Waals surface area contributed by atoms with E-state index in [-0.39, 0.29) is 0 Å². The number of benzene rings is 1. The average molecular weight is 265 g/mol. The summed E-state index contributed by atoms with van der Waals surface area (Å²) in [7, 11) is -3.08. The molecule has 0 atom stereocenters. The van der Waals surface area contributed by atoms with Crippen LogP contribution in [0.15, 0.2) is 29.2 Å². The Morgan fingerprint density at radius 2 is 1.56 bits per heavy atom. The second-order valence-corrected chi connectivity index (χ2v) is 7.66. The Labute approximate surface area is 109 Å². The predicted molar refractivity (Wildman–Crippen MR) is 72.4 cm³/mol. The molecule has 0 saturated heterocycles. The Balaban J connectivity index is 1.72. The summed E-state index contributed by atoms with van der Waals surface area (Å²) < 4.78 is 22.8. The minimum Gasteiger partial charge on any atom is -0.382 e. The smallest absolute Gasteiger partial charge is 0.175 e. The molecule has 0 spiro atoms. The molecule has 0 radical (unpaired) electrons. The summed E-state index contributed by atoms with van der Waals surface area (Å²) in [5.74, 6) is 1.68. The molecule has 3 rings (SSSR count). The van der Waals surface area contributed by atoms with Gasteiger partial charge >= 0.3 is 0 Å². The minimum absolute atomic E-state index is 0.391. The van der Waals surface area contributed by atoms with Gasteiger partial charge in [0, 0.05) is 18.0 Å². The fourth-order valence-corrected chi connectivity index (χ4v) is 3.15. The van der Waals surface area contributed by atoms with Crippen molar-refractivity contribution in [3.05, 3.63) is 24.3 Å². The van der Waals surface area contributed by atoms with E-state index >= 15 is 0 Å². The molecule has 0 amide bonds. The summed E-state index contributed by atoms with van der Waals surface area (Å²) in [6.45, 7) is 0. The summed E-state index contributed by atoms with van der Waals surface area (Å²) in [6, 6.07) is 7.75. The first-order valence-corrected chi connectivity index (χ1v) is 8.50. The van der Waals surface area contributed by atoms with Crippen molar-refractivity contribution in [2.75, 3.05) is 11.6 Å². The number of anilines is 1. The fourth-order valence-electron chi connectivity index (χ4n) is 2.52. The molecule has 1 N–H and O–H groups in total. The zero-order valence-corrected chi connectivity index (χ0v) is 11.4. The van der Waals surface area contributed by atoms with Crippen molar-refractivity contribution in [2.45, 2.75) is 36.6 Å². The summed E-state index contributed by atoms with van der Waals surface area (Å²) in [5.41, 5.74) is 1.05. The van der Waals surface area contributed by atoms with E-state index in [4.69, 9.17) is 0 Å². The molecule has 0 heterocycles. The SMILES string of the molecule is CS(=O)(=O)c1ccc(NC(C2CC2)C2CC2)cc1. The van der Waals surface area contributed by atoms with Gasteiger partial charge in [0.15, 0.2) is 9.84 Å². The quantitative estimate of drug-likeness (QED) is 0.890. The molecule has 0 aromatic heterocycles. The second-order valence-electron chi connectivity index (χ2n) is 5.64. The van der Waals surface area contributed by atoms with Crippen molar-refractivity contribution < 1.29 is 8.42 Å². The minimum atomic E-state index is -3.08. The van der Waals surface area contributed by atoms with E-state index in [1.54, 1.807) is 12.1 Å². The van der Waals surface area contributed by atoms with E-state index in [2.05, 4.69) is 5.32 Å². The highest BCUT2D eigenvalue weighted by Crippen LogP contribution is 2.45. The van der Waals surface area contributed by atoms with E-state index in [1.165, 1.54) is 31.9 Å². The molecule has 2 aliphatic rings. The van der Waals surface area contributed by atoms with Crippen LogP contribution in [0.5, 0.6) is 0 Å². The molecule has 4 heteroatoms. The Kier molecular flexibility index (Phi) is 2.85. The molecule has 1 aromatic rings. The highest BCUT2D eigenvalue weighted by Gasteiger charge is 2.41. The van der Waals surface area contributed by atoms with Crippen molar-refractivity contribution in [3.8, 4) is 0 Å². The molecule has 1 aromatic carbocycles. The van der Waals surface area contributed by atoms with E-state index in [9.17, 15) is 8.42 Å². The molecule has 2 fully saturated rings. The Bertz CT molecular complexity index is 515. The molecular formula is C14H19NO2S. The normalized spacial score (nSPS) is 20.1. The highest BCUT2D eigenvalue weighted by atomic mass is 32.2. The lowest BCUT2D eigenvalue weighted by Gasteiger charge is -2.19. The van der Waals surface area contributed by atoms with Crippen LogP contribution in [-0.2, 0) is 9.84 Å². The maximum Gasteiger partial charge on any atom is 0.175 e. The Morgan fingerprint density at radius 1 is 1.06 bits per heavy atom. The lowest BCUT2D eigenvalue weighted by atomic mass is 10.1. The van der Waals surface area contributed by atoms with Gasteiger partial charge in [0.2, 0.25) is 0 Å². The third-order valence-corrected chi connectivity index (χ3v) is 5.00. The van der Waals surface area contributed by atoms with Gasteiger partial charge in [-0.15, -0.1) is 0 Å². The van der Waals surface area contributed by atoms with Crippen LogP contribution in [0.1, 0.15) is 25.7 Å². The van der Waals surface area contributed by atoms with Gasteiger partial charge in [0.05, 0.1) is 4.90 Å². The van der Waals surface area contributed by atoms with Gasteiger partial charge < -0.3 is 5.32 Å². The van der Waals surface area contributed by atoms with Gasteiger partial charge in [-0.05, 0) is 61.8 Å². The van der Waals surface area contributed by atoms with Crippen LogP contribution in [0.2, 0.25) is 0 Å². The Hall–Kier alpha value is -1.03. The summed E-state index contributed by atoms with van der Waals surface area (Å²) in [5, 5.41) is 3.59. The molecular weight excluding hydrogens is 246 g/mol. The number of hydrogen-bond donors (Lipinski definition) is 1. The molecule has 0 aliphatic heterocycles. The lowest BCUT2D eigenvalue weighted by molar-refractivity contribution is 0.568. The third kappa shape index (κ3) is 2.69. The maximum atomic E-state index is 11.4. The number of sulfone groups is 1. The molecule has 2 aliphatic carbocycles. The van der Waals surface area contributed by atoms with Crippen LogP contribution in [0.3, 0.4) is 0 Å². The van der Waals surface area contributed by atoms with Gasteiger partial charge in [-0.2, -0.15) is 0 Å². The first-order chi connectivity index (χ1) is 8.54. The topological polar surface area (TPSA) is 46.2 Å². The molecule has 98 valence electrons. The van der Waals surface area contributed by atoms with Gasteiger partial charge in [0.1, 0.15) is 0 Å². The largest absolute Gasteiger partial charge is 0.382 e.